The average Bonchev–Trinajstić information content (AvgIpc) is 2.29. The molecule has 0 spiro atoms. The van der Waals surface area contributed by atoms with E-state index < -0.39 is 11.9 Å². The van der Waals surface area contributed by atoms with E-state index in [1.165, 1.54) is 6.07 Å². The fraction of sp³-hybridized carbons (Fsp3) is 0.500. The summed E-state index contributed by atoms with van der Waals surface area (Å²) in [6, 6.07) is 6.15. The number of hydrogen-bond acceptors (Lipinski definition) is 3. The van der Waals surface area contributed by atoms with Crippen molar-refractivity contribution >= 4 is 0 Å². The van der Waals surface area contributed by atoms with E-state index in [0.29, 0.717) is 13.2 Å². The third-order valence-corrected chi connectivity index (χ3v) is 2.18. The van der Waals surface area contributed by atoms with Crippen LogP contribution in [-0.2, 0) is 9.47 Å². The van der Waals surface area contributed by atoms with Crippen molar-refractivity contribution in [2.45, 2.75) is 12.5 Å². The molecule has 0 radical (unpaired) electrons. The van der Waals surface area contributed by atoms with Crippen LogP contribution in [0.3, 0.4) is 0 Å². The molecule has 0 aliphatic heterocycles. The summed E-state index contributed by atoms with van der Waals surface area (Å²) in [7, 11) is 1.62. The second-order valence-electron chi connectivity index (χ2n) is 3.46. The molecule has 4 heteroatoms. The number of hydrogen-bond donors (Lipinski definition) is 1. The maximum absolute atomic E-state index is 13.2. The normalized spacial score (nSPS) is 12.7. The highest BCUT2D eigenvalue weighted by Crippen LogP contribution is 2.16. The minimum Gasteiger partial charge on any atom is -0.386 e. The molecule has 0 fully saturated rings. The van der Waals surface area contributed by atoms with Crippen molar-refractivity contribution in [1.82, 2.24) is 0 Å². The van der Waals surface area contributed by atoms with Crippen LogP contribution in [0.2, 0.25) is 0 Å². The van der Waals surface area contributed by atoms with Crippen molar-refractivity contribution in [2.24, 2.45) is 0 Å². The van der Waals surface area contributed by atoms with Crippen LogP contribution in [0.5, 0.6) is 0 Å². The van der Waals surface area contributed by atoms with E-state index in [1.807, 2.05) is 0 Å². The first-order chi connectivity index (χ1) is 7.75. The van der Waals surface area contributed by atoms with Gasteiger partial charge in [0.05, 0.1) is 6.61 Å². The second-order valence-corrected chi connectivity index (χ2v) is 3.46. The lowest BCUT2D eigenvalue weighted by Crippen LogP contribution is -2.10. The average molecular weight is 228 g/mol. The van der Waals surface area contributed by atoms with E-state index in [4.69, 9.17) is 9.47 Å². The molecule has 1 aromatic carbocycles. The molecule has 0 aliphatic rings. The number of halogens is 1. The first-order valence-electron chi connectivity index (χ1n) is 5.25. The first kappa shape index (κ1) is 13.1. The van der Waals surface area contributed by atoms with E-state index >= 15 is 0 Å². The van der Waals surface area contributed by atoms with Gasteiger partial charge in [0.1, 0.15) is 11.9 Å². The highest BCUT2D eigenvalue weighted by Gasteiger charge is 2.11. The van der Waals surface area contributed by atoms with Crippen molar-refractivity contribution in [3.8, 4) is 0 Å². The van der Waals surface area contributed by atoms with Crippen molar-refractivity contribution in [2.75, 3.05) is 26.9 Å². The third-order valence-electron chi connectivity index (χ3n) is 2.18. The quantitative estimate of drug-likeness (QED) is 0.724. The summed E-state index contributed by atoms with van der Waals surface area (Å²) in [5.74, 6) is -0.407. The Labute approximate surface area is 94.8 Å². The van der Waals surface area contributed by atoms with Gasteiger partial charge in [-0.15, -0.1) is 0 Å². The molecule has 0 bridgehead atoms. The van der Waals surface area contributed by atoms with Gasteiger partial charge in [0.25, 0.3) is 0 Å². The minimum atomic E-state index is -0.913. The summed E-state index contributed by atoms with van der Waals surface area (Å²) in [5, 5.41) is 9.66. The highest BCUT2D eigenvalue weighted by atomic mass is 19.1. The Balaban J connectivity index is 2.30. The first-order valence-corrected chi connectivity index (χ1v) is 5.25. The van der Waals surface area contributed by atoms with Gasteiger partial charge in [-0.25, -0.2) is 4.39 Å². The standard InChI is InChI=1S/C12H17FO3/c1-15-7-4-8-16-9-12(14)10-5-2-3-6-11(10)13/h2-3,5-6,12,14H,4,7-9H2,1H3. The largest absolute Gasteiger partial charge is 0.386 e. The number of ether oxygens (including phenoxy) is 2. The zero-order chi connectivity index (χ0) is 11.8. The molecule has 16 heavy (non-hydrogen) atoms. The summed E-state index contributed by atoms with van der Waals surface area (Å²) < 4.78 is 23.3. The fourth-order valence-electron chi connectivity index (χ4n) is 1.34. The maximum atomic E-state index is 13.2. The van der Waals surface area contributed by atoms with E-state index in [-0.39, 0.29) is 12.2 Å². The molecule has 1 atom stereocenters. The summed E-state index contributed by atoms with van der Waals surface area (Å²) in [6.07, 6.45) is -0.149. The number of aliphatic hydroxyl groups excluding tert-OH is 1. The van der Waals surface area contributed by atoms with Gasteiger partial charge in [-0.2, -0.15) is 0 Å². The smallest absolute Gasteiger partial charge is 0.129 e. The lowest BCUT2D eigenvalue weighted by molar-refractivity contribution is 0.0264. The number of rotatable bonds is 7. The van der Waals surface area contributed by atoms with Gasteiger partial charge in [-0.05, 0) is 12.5 Å². The summed E-state index contributed by atoms with van der Waals surface area (Å²) in [5.41, 5.74) is 0.272. The highest BCUT2D eigenvalue weighted by molar-refractivity contribution is 5.19. The summed E-state index contributed by atoms with van der Waals surface area (Å²) >= 11 is 0. The van der Waals surface area contributed by atoms with Crippen LogP contribution in [0.1, 0.15) is 18.1 Å². The van der Waals surface area contributed by atoms with Gasteiger partial charge in [-0.3, -0.25) is 0 Å². The van der Waals surface area contributed by atoms with E-state index in [2.05, 4.69) is 0 Å². The molecule has 1 unspecified atom stereocenters. The van der Waals surface area contributed by atoms with E-state index in [9.17, 15) is 9.50 Å². The number of aliphatic hydroxyl groups is 1. The predicted octanol–water partition coefficient (Wildman–Crippen LogP) is 1.91. The Bertz CT molecular complexity index is 304. The maximum Gasteiger partial charge on any atom is 0.129 e. The van der Waals surface area contributed by atoms with Crippen LogP contribution in [0, 0.1) is 5.82 Å². The molecule has 0 aromatic heterocycles. The molecule has 1 aromatic rings. The van der Waals surface area contributed by atoms with Crippen LogP contribution < -0.4 is 0 Å². The van der Waals surface area contributed by atoms with Gasteiger partial charge in [0.2, 0.25) is 0 Å². The van der Waals surface area contributed by atoms with Crippen molar-refractivity contribution in [1.29, 1.82) is 0 Å². The molecule has 0 heterocycles. The van der Waals surface area contributed by atoms with Gasteiger partial charge < -0.3 is 14.6 Å². The summed E-state index contributed by atoms with van der Waals surface area (Å²) in [6.45, 7) is 1.22. The van der Waals surface area contributed by atoms with Crippen LogP contribution >= 0.6 is 0 Å². The van der Waals surface area contributed by atoms with Crippen molar-refractivity contribution in [3.05, 3.63) is 35.6 Å². The van der Waals surface area contributed by atoms with Crippen molar-refractivity contribution < 1.29 is 19.0 Å². The van der Waals surface area contributed by atoms with Crippen LogP contribution in [0.15, 0.2) is 24.3 Å². The zero-order valence-corrected chi connectivity index (χ0v) is 9.36. The second kappa shape index (κ2) is 7.33. The monoisotopic (exact) mass is 228 g/mol. The topological polar surface area (TPSA) is 38.7 Å². The Kier molecular flexibility index (Phi) is 6.00. The lowest BCUT2D eigenvalue weighted by atomic mass is 10.1. The Morgan fingerprint density at radius 2 is 2.06 bits per heavy atom. The molecular formula is C12H17FO3. The van der Waals surface area contributed by atoms with Crippen molar-refractivity contribution in [3.63, 3.8) is 0 Å². The molecular weight excluding hydrogens is 211 g/mol. The molecule has 90 valence electrons. The van der Waals surface area contributed by atoms with Gasteiger partial charge in [0, 0.05) is 25.9 Å². The molecule has 0 aliphatic carbocycles. The Morgan fingerprint density at radius 3 is 2.75 bits per heavy atom. The van der Waals surface area contributed by atoms with E-state index in [1.54, 1.807) is 25.3 Å². The fourth-order valence-corrected chi connectivity index (χ4v) is 1.34. The number of benzene rings is 1. The molecule has 0 saturated carbocycles. The van der Waals surface area contributed by atoms with Crippen LogP contribution in [-0.4, -0.2) is 32.0 Å². The van der Waals surface area contributed by atoms with E-state index in [0.717, 1.165) is 6.42 Å². The number of methoxy groups -OCH3 is 1. The van der Waals surface area contributed by atoms with Gasteiger partial charge in [-0.1, -0.05) is 18.2 Å². The minimum absolute atomic E-state index is 0.102. The molecule has 1 N–H and O–H groups in total. The summed E-state index contributed by atoms with van der Waals surface area (Å²) in [4.78, 5) is 0. The Morgan fingerprint density at radius 1 is 1.31 bits per heavy atom. The lowest BCUT2D eigenvalue weighted by Gasteiger charge is -2.12. The Hall–Kier alpha value is -0.970. The molecule has 1 rings (SSSR count). The third kappa shape index (κ3) is 4.26. The SMILES string of the molecule is COCCCOCC(O)c1ccccc1F. The molecule has 0 saturated heterocycles. The van der Waals surface area contributed by atoms with Gasteiger partial charge in [0.15, 0.2) is 0 Å². The van der Waals surface area contributed by atoms with Gasteiger partial charge >= 0.3 is 0 Å². The van der Waals surface area contributed by atoms with Crippen LogP contribution in [0.25, 0.3) is 0 Å². The van der Waals surface area contributed by atoms with Crippen LogP contribution in [0.4, 0.5) is 4.39 Å². The molecule has 3 nitrogen and oxygen atoms in total. The molecule has 0 amide bonds. The zero-order valence-electron chi connectivity index (χ0n) is 9.36. The predicted molar refractivity (Wildman–Crippen MR) is 58.7 cm³/mol.